The van der Waals surface area contributed by atoms with E-state index in [4.69, 9.17) is 4.42 Å². The van der Waals surface area contributed by atoms with E-state index < -0.39 is 0 Å². The summed E-state index contributed by atoms with van der Waals surface area (Å²) >= 11 is 0. The van der Waals surface area contributed by atoms with Gasteiger partial charge in [-0.15, -0.1) is 0 Å². The molecule has 1 atom stereocenters. The van der Waals surface area contributed by atoms with Gasteiger partial charge in [-0.1, -0.05) is 0 Å². The van der Waals surface area contributed by atoms with Crippen molar-refractivity contribution in [1.82, 2.24) is 15.3 Å². The minimum atomic E-state index is 0.0789. The van der Waals surface area contributed by atoms with Crippen LogP contribution in [0.15, 0.2) is 35.3 Å². The van der Waals surface area contributed by atoms with Gasteiger partial charge >= 0.3 is 0 Å². The first-order valence-corrected chi connectivity index (χ1v) is 8.69. The average molecular weight is 326 g/mol. The lowest BCUT2D eigenvalue weighted by atomic mass is 9.91. The lowest BCUT2D eigenvalue weighted by Gasteiger charge is -2.33. The molecular formula is C18H22N4O2. The number of nitrogens with one attached hydrogen (secondary N) is 1. The third-order valence-electron chi connectivity index (χ3n) is 5.11. The van der Waals surface area contributed by atoms with Crippen molar-refractivity contribution in [2.75, 3.05) is 18.0 Å². The van der Waals surface area contributed by atoms with Crippen LogP contribution in [0.3, 0.4) is 0 Å². The van der Waals surface area contributed by atoms with E-state index in [2.05, 4.69) is 20.2 Å². The molecule has 1 fully saturated rings. The predicted molar refractivity (Wildman–Crippen MR) is 89.5 cm³/mol. The Balaban J connectivity index is 1.34. The second-order valence-corrected chi connectivity index (χ2v) is 6.58. The van der Waals surface area contributed by atoms with Crippen LogP contribution in [0.2, 0.25) is 0 Å². The minimum Gasteiger partial charge on any atom is -0.469 e. The lowest BCUT2D eigenvalue weighted by molar-refractivity contribution is -0.126. The van der Waals surface area contributed by atoms with Crippen molar-refractivity contribution in [2.24, 2.45) is 5.92 Å². The molecule has 1 amide bonds. The number of furan rings is 1. The van der Waals surface area contributed by atoms with E-state index in [1.165, 1.54) is 0 Å². The van der Waals surface area contributed by atoms with Gasteiger partial charge in [0.25, 0.3) is 0 Å². The molecule has 6 heteroatoms. The molecule has 0 spiro atoms. The molecule has 2 aromatic rings. The summed E-state index contributed by atoms with van der Waals surface area (Å²) in [5, 5.41) is 3.24. The zero-order chi connectivity index (χ0) is 16.4. The fourth-order valence-corrected chi connectivity index (χ4v) is 3.75. The van der Waals surface area contributed by atoms with Gasteiger partial charge in [-0.3, -0.25) is 9.78 Å². The molecule has 0 bridgehead atoms. The first-order chi connectivity index (χ1) is 11.8. The summed E-state index contributed by atoms with van der Waals surface area (Å²) in [4.78, 5) is 23.3. The third kappa shape index (κ3) is 3.00. The number of aromatic nitrogens is 2. The quantitative estimate of drug-likeness (QED) is 0.938. The number of amides is 1. The Morgan fingerprint density at radius 2 is 2.12 bits per heavy atom. The number of piperidine rings is 1. The van der Waals surface area contributed by atoms with Crippen LogP contribution >= 0.6 is 0 Å². The fraction of sp³-hybridized carbons (Fsp3) is 0.500. The molecule has 2 aromatic heterocycles. The summed E-state index contributed by atoms with van der Waals surface area (Å²) in [7, 11) is 0. The Hall–Kier alpha value is -2.37. The second-order valence-electron chi connectivity index (χ2n) is 6.58. The Kier molecular flexibility index (Phi) is 4.19. The van der Waals surface area contributed by atoms with E-state index in [0.717, 1.165) is 62.3 Å². The number of carbonyl (C=O) groups excluding carboxylic acids is 1. The van der Waals surface area contributed by atoms with Gasteiger partial charge < -0.3 is 14.6 Å². The van der Waals surface area contributed by atoms with Crippen molar-refractivity contribution in [3.8, 4) is 0 Å². The summed E-state index contributed by atoms with van der Waals surface area (Å²) in [6.45, 7) is 1.69. The molecule has 0 radical (unpaired) electrons. The highest BCUT2D eigenvalue weighted by atomic mass is 16.3. The monoisotopic (exact) mass is 326 g/mol. The van der Waals surface area contributed by atoms with Gasteiger partial charge in [0.1, 0.15) is 11.6 Å². The summed E-state index contributed by atoms with van der Waals surface area (Å²) < 4.78 is 5.51. The third-order valence-corrected chi connectivity index (χ3v) is 5.11. The highest BCUT2D eigenvalue weighted by Gasteiger charge is 2.29. The fourth-order valence-electron chi connectivity index (χ4n) is 3.75. The summed E-state index contributed by atoms with van der Waals surface area (Å²) in [6, 6.07) is 2.11. The van der Waals surface area contributed by atoms with E-state index in [0.29, 0.717) is 0 Å². The van der Waals surface area contributed by atoms with Crippen LogP contribution in [0.25, 0.3) is 0 Å². The smallest absolute Gasteiger partial charge is 0.223 e. The SMILES string of the molecule is O=C(NC1CCCc2occc21)C1CCN(c2cnccn2)CC1. The van der Waals surface area contributed by atoms with Crippen molar-refractivity contribution < 1.29 is 9.21 Å². The average Bonchev–Trinajstić information content (AvgIpc) is 3.12. The molecule has 6 nitrogen and oxygen atoms in total. The topological polar surface area (TPSA) is 71.3 Å². The molecule has 2 aliphatic rings. The lowest BCUT2D eigenvalue weighted by Crippen LogP contribution is -2.42. The van der Waals surface area contributed by atoms with Crippen LogP contribution in [0.1, 0.15) is 43.0 Å². The number of aryl methyl sites for hydroxylation is 1. The van der Waals surface area contributed by atoms with Crippen molar-refractivity contribution in [3.63, 3.8) is 0 Å². The van der Waals surface area contributed by atoms with E-state index in [1.807, 2.05) is 6.07 Å². The van der Waals surface area contributed by atoms with Crippen molar-refractivity contribution in [2.45, 2.75) is 38.1 Å². The zero-order valence-corrected chi connectivity index (χ0v) is 13.6. The van der Waals surface area contributed by atoms with Gasteiger partial charge in [0.05, 0.1) is 18.5 Å². The van der Waals surface area contributed by atoms with Gasteiger partial charge in [-0.2, -0.15) is 0 Å². The van der Waals surface area contributed by atoms with Crippen LogP contribution in [0.4, 0.5) is 5.82 Å². The maximum Gasteiger partial charge on any atom is 0.223 e. The molecule has 1 aliphatic carbocycles. The largest absolute Gasteiger partial charge is 0.469 e. The molecule has 4 rings (SSSR count). The maximum absolute atomic E-state index is 12.7. The van der Waals surface area contributed by atoms with Crippen molar-refractivity contribution in [1.29, 1.82) is 0 Å². The molecule has 1 unspecified atom stereocenters. The van der Waals surface area contributed by atoms with E-state index in [9.17, 15) is 4.79 Å². The van der Waals surface area contributed by atoms with Crippen LogP contribution in [-0.4, -0.2) is 29.0 Å². The highest BCUT2D eigenvalue weighted by Crippen LogP contribution is 2.31. The van der Waals surface area contributed by atoms with Crippen LogP contribution in [0.5, 0.6) is 0 Å². The number of nitrogens with zero attached hydrogens (tertiary/aromatic N) is 3. The first-order valence-electron chi connectivity index (χ1n) is 8.69. The number of hydrogen-bond acceptors (Lipinski definition) is 5. The molecule has 0 saturated carbocycles. The summed E-state index contributed by atoms with van der Waals surface area (Å²) in [6.07, 6.45) is 11.6. The maximum atomic E-state index is 12.7. The van der Waals surface area contributed by atoms with Gasteiger partial charge in [-0.05, 0) is 31.7 Å². The molecule has 3 heterocycles. The minimum absolute atomic E-state index is 0.0789. The van der Waals surface area contributed by atoms with Crippen LogP contribution in [0, 0.1) is 5.92 Å². The normalized spacial score (nSPS) is 21.3. The highest BCUT2D eigenvalue weighted by molar-refractivity contribution is 5.79. The van der Waals surface area contributed by atoms with Gasteiger partial charge in [0, 0.05) is 43.4 Å². The predicted octanol–water partition coefficient (Wildman–Crippen LogP) is 2.48. The Morgan fingerprint density at radius 1 is 1.25 bits per heavy atom. The van der Waals surface area contributed by atoms with E-state index in [-0.39, 0.29) is 17.9 Å². The number of anilines is 1. The Morgan fingerprint density at radius 3 is 2.92 bits per heavy atom. The number of rotatable bonds is 3. The van der Waals surface area contributed by atoms with Crippen LogP contribution in [-0.2, 0) is 11.2 Å². The second kappa shape index (κ2) is 6.63. The molecular weight excluding hydrogens is 304 g/mol. The molecule has 126 valence electrons. The number of hydrogen-bond donors (Lipinski definition) is 1. The molecule has 24 heavy (non-hydrogen) atoms. The first kappa shape index (κ1) is 15.2. The number of carbonyl (C=O) groups is 1. The Bertz CT molecular complexity index is 692. The summed E-state index contributed by atoms with van der Waals surface area (Å²) in [5.41, 5.74) is 1.16. The molecule has 1 aliphatic heterocycles. The van der Waals surface area contributed by atoms with Crippen molar-refractivity contribution >= 4 is 11.7 Å². The standard InChI is InChI=1S/C18H22N4O2/c23-18(21-15-2-1-3-16-14(15)6-11-24-16)13-4-9-22(10-5-13)17-12-19-7-8-20-17/h6-8,11-13,15H,1-5,9-10H2,(H,21,23). The van der Waals surface area contributed by atoms with Gasteiger partial charge in [-0.25, -0.2) is 4.98 Å². The molecule has 1 N–H and O–H groups in total. The van der Waals surface area contributed by atoms with Crippen LogP contribution < -0.4 is 10.2 Å². The molecule has 0 aromatic carbocycles. The summed E-state index contributed by atoms with van der Waals surface area (Å²) in [5.74, 6) is 2.18. The van der Waals surface area contributed by atoms with E-state index >= 15 is 0 Å². The number of fused-ring (bicyclic) bond motifs is 1. The molecule has 1 saturated heterocycles. The van der Waals surface area contributed by atoms with E-state index in [1.54, 1.807) is 24.9 Å². The van der Waals surface area contributed by atoms with Gasteiger partial charge in [0.15, 0.2) is 0 Å². The zero-order valence-electron chi connectivity index (χ0n) is 13.6. The van der Waals surface area contributed by atoms with Gasteiger partial charge in [0.2, 0.25) is 5.91 Å². The Labute approximate surface area is 141 Å². The van der Waals surface area contributed by atoms with Crippen molar-refractivity contribution in [3.05, 3.63) is 42.2 Å².